The van der Waals surface area contributed by atoms with Crippen molar-refractivity contribution in [2.75, 3.05) is 13.2 Å². The van der Waals surface area contributed by atoms with Gasteiger partial charge in [-0.25, -0.2) is 0 Å². The highest BCUT2D eigenvalue weighted by atomic mass is 16.7. The summed E-state index contributed by atoms with van der Waals surface area (Å²) in [4.78, 5) is 0. The fourth-order valence-corrected chi connectivity index (χ4v) is 12.3. The molecule has 0 radical (unpaired) electrons. The van der Waals surface area contributed by atoms with Crippen LogP contribution in [0.3, 0.4) is 0 Å². The Labute approximate surface area is 264 Å². The van der Waals surface area contributed by atoms with E-state index in [-0.39, 0.29) is 45.7 Å². The van der Waals surface area contributed by atoms with E-state index in [0.717, 1.165) is 51.4 Å². The van der Waals surface area contributed by atoms with Gasteiger partial charge < -0.3 is 40.1 Å². The summed E-state index contributed by atoms with van der Waals surface area (Å²) in [5.74, 6) is 1.02. The zero-order chi connectivity index (χ0) is 32.3. The lowest BCUT2D eigenvalue weighted by Gasteiger charge is -2.72. The maximum atomic E-state index is 11.4. The molecule has 15 atom stereocenters. The normalized spacial score (nSPS) is 56.9. The number of aliphatic hydroxyl groups is 6. The molecule has 8 nitrogen and oxygen atoms in total. The van der Waals surface area contributed by atoms with Gasteiger partial charge in [-0.05, 0) is 97.2 Å². The molecule has 5 fully saturated rings. The van der Waals surface area contributed by atoms with Gasteiger partial charge in [0, 0.05) is 10.8 Å². The monoisotopic (exact) mass is 620 g/mol. The van der Waals surface area contributed by atoms with E-state index in [1.165, 1.54) is 0 Å². The minimum Gasteiger partial charge on any atom is -0.396 e. The third-order valence-corrected chi connectivity index (χ3v) is 15.3. The first kappa shape index (κ1) is 33.3. The fourth-order valence-electron chi connectivity index (χ4n) is 12.3. The zero-order valence-electron chi connectivity index (χ0n) is 28.1. The van der Waals surface area contributed by atoms with Gasteiger partial charge in [0.15, 0.2) is 6.29 Å². The van der Waals surface area contributed by atoms with E-state index in [4.69, 9.17) is 9.47 Å². The van der Waals surface area contributed by atoms with E-state index in [9.17, 15) is 30.6 Å². The number of allylic oxidation sites excluding steroid dienone is 2. The molecule has 5 aliphatic carbocycles. The summed E-state index contributed by atoms with van der Waals surface area (Å²) in [5, 5.41) is 63.5. The summed E-state index contributed by atoms with van der Waals surface area (Å²) in [6.45, 7) is 16.0. The Hall–Kier alpha value is -0.580. The molecular formula is C36H60O8. The molecule has 252 valence electrons. The summed E-state index contributed by atoms with van der Waals surface area (Å²) in [6, 6.07) is 0. The average molecular weight is 621 g/mol. The molecule has 0 spiro atoms. The number of ether oxygens (including phenoxy) is 2. The summed E-state index contributed by atoms with van der Waals surface area (Å²) in [7, 11) is 0. The predicted octanol–water partition coefficient (Wildman–Crippen LogP) is 3.94. The van der Waals surface area contributed by atoms with E-state index < -0.39 is 48.8 Å². The van der Waals surface area contributed by atoms with Crippen molar-refractivity contribution in [2.24, 2.45) is 50.2 Å². The van der Waals surface area contributed by atoms with Gasteiger partial charge in [0.1, 0.15) is 24.4 Å². The second-order valence-corrected chi connectivity index (χ2v) is 18.0. The van der Waals surface area contributed by atoms with Crippen LogP contribution in [-0.4, -0.2) is 86.8 Å². The largest absolute Gasteiger partial charge is 0.396 e. The van der Waals surface area contributed by atoms with E-state index in [0.29, 0.717) is 18.3 Å². The summed E-state index contributed by atoms with van der Waals surface area (Å²) in [5.41, 5.74) is 1.17. The number of hydrogen-bond acceptors (Lipinski definition) is 8. The Morgan fingerprint density at radius 3 is 2.16 bits per heavy atom. The van der Waals surface area contributed by atoms with Crippen LogP contribution in [0.4, 0.5) is 0 Å². The lowest BCUT2D eigenvalue weighted by atomic mass is 9.33. The number of rotatable bonds is 4. The topological polar surface area (TPSA) is 140 Å². The summed E-state index contributed by atoms with van der Waals surface area (Å²) < 4.78 is 12.2. The maximum Gasteiger partial charge on any atom is 0.186 e. The molecule has 1 heterocycles. The van der Waals surface area contributed by atoms with Crippen LogP contribution >= 0.6 is 0 Å². The van der Waals surface area contributed by atoms with E-state index in [1.807, 2.05) is 0 Å². The Kier molecular flexibility index (Phi) is 8.11. The molecule has 1 saturated heterocycles. The van der Waals surface area contributed by atoms with E-state index >= 15 is 0 Å². The van der Waals surface area contributed by atoms with Crippen molar-refractivity contribution in [1.82, 2.24) is 0 Å². The highest BCUT2D eigenvalue weighted by molar-refractivity contribution is 5.34. The van der Waals surface area contributed by atoms with Gasteiger partial charge in [-0.2, -0.15) is 0 Å². The van der Waals surface area contributed by atoms with Gasteiger partial charge in [-0.3, -0.25) is 0 Å². The standard InChI is InChI=1S/C36H60O8/c1-31(2)16-21-20-8-9-24-33(4)12-11-26(44-30-29(42)28(41)27(40)22(18-37)43-30)34(5,19-38)23(33)10-13-36(24,7)35(20,6)15-14-32(21,3)25(39)17-31/h8,21-30,37-42H,9-19H2,1-7H3/t21-,22+,23-,24-,25-,26+,27-,28+,29-,30+,32-,33+,34+,35-,36-/m1/s1. The quantitative estimate of drug-likeness (QED) is 0.205. The van der Waals surface area contributed by atoms with Gasteiger partial charge in [0.25, 0.3) is 0 Å². The predicted molar refractivity (Wildman–Crippen MR) is 166 cm³/mol. The first-order valence-electron chi connectivity index (χ1n) is 17.4. The number of hydrogen-bond donors (Lipinski definition) is 6. The first-order valence-corrected chi connectivity index (χ1v) is 17.4. The van der Waals surface area contributed by atoms with E-state index in [1.54, 1.807) is 5.57 Å². The average Bonchev–Trinajstić information content (AvgIpc) is 2.96. The highest BCUT2D eigenvalue weighted by Crippen LogP contribution is 2.75. The van der Waals surface area contributed by atoms with E-state index in [2.05, 4.69) is 54.5 Å². The molecule has 1 aliphatic heterocycles. The maximum absolute atomic E-state index is 11.4. The van der Waals surface area contributed by atoms with Crippen LogP contribution in [0.15, 0.2) is 11.6 Å². The van der Waals surface area contributed by atoms with Crippen LogP contribution < -0.4 is 0 Å². The molecule has 0 aromatic heterocycles. The summed E-state index contributed by atoms with van der Waals surface area (Å²) >= 11 is 0. The second kappa shape index (κ2) is 10.7. The Morgan fingerprint density at radius 2 is 1.50 bits per heavy atom. The lowest BCUT2D eigenvalue weighted by molar-refractivity contribution is -0.333. The van der Waals surface area contributed by atoms with Crippen molar-refractivity contribution in [3.05, 3.63) is 11.6 Å². The first-order chi connectivity index (χ1) is 20.4. The lowest BCUT2D eigenvalue weighted by Crippen LogP contribution is -2.67. The smallest absolute Gasteiger partial charge is 0.186 e. The molecule has 0 unspecified atom stereocenters. The third kappa shape index (κ3) is 4.44. The van der Waals surface area contributed by atoms with Crippen molar-refractivity contribution >= 4 is 0 Å². The van der Waals surface area contributed by atoms with Gasteiger partial charge in [0.2, 0.25) is 0 Å². The zero-order valence-corrected chi connectivity index (χ0v) is 28.1. The van der Waals surface area contributed by atoms with Crippen LogP contribution in [0.2, 0.25) is 0 Å². The molecule has 0 aromatic carbocycles. The van der Waals surface area contributed by atoms with Crippen molar-refractivity contribution in [3.8, 4) is 0 Å². The van der Waals surface area contributed by atoms with Crippen LogP contribution in [0.5, 0.6) is 0 Å². The Bertz CT molecular complexity index is 1140. The minimum atomic E-state index is -1.49. The van der Waals surface area contributed by atoms with Crippen LogP contribution in [0, 0.1) is 50.2 Å². The highest BCUT2D eigenvalue weighted by Gasteiger charge is 2.69. The molecule has 6 N–H and O–H groups in total. The fraction of sp³-hybridized carbons (Fsp3) is 0.944. The van der Waals surface area contributed by atoms with Crippen LogP contribution in [-0.2, 0) is 9.47 Å². The molecule has 4 saturated carbocycles. The SMILES string of the molecule is CC1(C)C[C@@H](O)[C@]2(C)CC[C@]3(C)C(=CC[C@@H]4[C@@]5(C)CC[C@H](O[C@@H]6O[C@@H](CO)[C@@H](O)[C@H](O)[C@H]6O)[C@@](C)(CO)[C@@H]5CC[C@]43C)[C@H]2C1. The van der Waals surface area contributed by atoms with Crippen LogP contribution in [0.1, 0.15) is 106 Å². The van der Waals surface area contributed by atoms with Gasteiger partial charge in [0.05, 0.1) is 25.4 Å². The van der Waals surface area contributed by atoms with Crippen molar-refractivity contribution in [2.45, 2.75) is 149 Å². The molecule has 44 heavy (non-hydrogen) atoms. The van der Waals surface area contributed by atoms with Crippen molar-refractivity contribution in [3.63, 3.8) is 0 Å². The summed E-state index contributed by atoms with van der Waals surface area (Å²) in [6.07, 6.45) is 4.06. The molecule has 0 aromatic rings. The molecular weight excluding hydrogens is 560 g/mol. The van der Waals surface area contributed by atoms with Crippen molar-refractivity contribution < 1.29 is 40.1 Å². The molecule has 6 aliphatic rings. The molecule has 0 amide bonds. The third-order valence-electron chi connectivity index (χ3n) is 15.3. The van der Waals surface area contributed by atoms with Crippen LogP contribution in [0.25, 0.3) is 0 Å². The van der Waals surface area contributed by atoms with Crippen molar-refractivity contribution in [1.29, 1.82) is 0 Å². The second-order valence-electron chi connectivity index (χ2n) is 18.0. The van der Waals surface area contributed by atoms with Gasteiger partial charge >= 0.3 is 0 Å². The van der Waals surface area contributed by atoms with Gasteiger partial charge in [-0.1, -0.05) is 60.1 Å². The molecule has 0 bridgehead atoms. The Balaban J connectivity index is 1.30. The van der Waals surface area contributed by atoms with Gasteiger partial charge in [-0.15, -0.1) is 0 Å². The number of fused-ring (bicyclic) bond motifs is 7. The molecule has 6 rings (SSSR count). The Morgan fingerprint density at radius 1 is 0.795 bits per heavy atom. The molecule has 8 heteroatoms. The number of aliphatic hydroxyl groups excluding tert-OH is 6. The minimum absolute atomic E-state index is 0.0309.